The van der Waals surface area contributed by atoms with Crippen molar-refractivity contribution in [2.45, 2.75) is 71.8 Å². The number of hydrogen-bond acceptors (Lipinski definition) is 3. The number of benzene rings is 1. The van der Waals surface area contributed by atoms with Gasteiger partial charge in [0.05, 0.1) is 6.54 Å². The van der Waals surface area contributed by atoms with Crippen LogP contribution < -0.4 is 4.90 Å². The van der Waals surface area contributed by atoms with E-state index in [0.29, 0.717) is 22.7 Å². The second-order valence-electron chi connectivity index (χ2n) is 12.5. The first-order valence-corrected chi connectivity index (χ1v) is 13.1. The van der Waals surface area contributed by atoms with Gasteiger partial charge in [0.25, 0.3) is 0 Å². The average Bonchev–Trinajstić information content (AvgIpc) is 2.86. The molecule has 0 aliphatic heterocycles. The standard InChI is InChI=1S/C31H35N3/c1-30(2)22-14-20-10-12-26(32-28(20)24(30)16-22)34(18-19-8-6-5-7-9-19)27-13-11-21-15-23-17-25(29(21)33-27)31(23,3)4/h5-13,22-25H,14-18H2,1-4H3/t22-,23-,24-,25-/m0/s1. The predicted octanol–water partition coefficient (Wildman–Crippen LogP) is 7.19. The zero-order chi connectivity index (χ0) is 23.2. The maximum absolute atomic E-state index is 5.36. The van der Waals surface area contributed by atoms with Gasteiger partial charge in [0, 0.05) is 23.2 Å². The molecule has 0 radical (unpaired) electrons. The van der Waals surface area contributed by atoms with Crippen LogP contribution in [0.1, 0.15) is 80.5 Å². The molecule has 3 nitrogen and oxygen atoms in total. The van der Waals surface area contributed by atoms with Crippen LogP contribution in [0.5, 0.6) is 0 Å². The summed E-state index contributed by atoms with van der Waals surface area (Å²) in [5.74, 6) is 4.88. The van der Waals surface area contributed by atoms with Crippen LogP contribution in [-0.2, 0) is 19.4 Å². The molecule has 0 N–H and O–H groups in total. The Kier molecular flexibility index (Phi) is 4.21. The van der Waals surface area contributed by atoms with Gasteiger partial charge < -0.3 is 4.90 Å². The summed E-state index contributed by atoms with van der Waals surface area (Å²) in [6.07, 6.45) is 4.95. The van der Waals surface area contributed by atoms with Gasteiger partial charge in [-0.2, -0.15) is 0 Å². The summed E-state index contributed by atoms with van der Waals surface area (Å²) in [6.45, 7) is 10.5. The summed E-state index contributed by atoms with van der Waals surface area (Å²) >= 11 is 0. The Morgan fingerprint density at radius 1 is 0.706 bits per heavy atom. The van der Waals surface area contributed by atoms with Gasteiger partial charge in [0.1, 0.15) is 11.6 Å². The third-order valence-electron chi connectivity index (χ3n) is 10.3. The van der Waals surface area contributed by atoms with E-state index < -0.39 is 0 Å². The number of rotatable bonds is 4. The van der Waals surface area contributed by atoms with Crippen molar-refractivity contribution in [3.8, 4) is 0 Å². The van der Waals surface area contributed by atoms with Gasteiger partial charge >= 0.3 is 0 Å². The highest BCUT2D eigenvalue weighted by atomic mass is 15.2. The van der Waals surface area contributed by atoms with Crippen LogP contribution in [0.3, 0.4) is 0 Å². The Balaban J connectivity index is 1.32. The number of nitrogens with zero attached hydrogens (tertiary/aromatic N) is 3. The van der Waals surface area contributed by atoms with E-state index in [1.54, 1.807) is 0 Å². The smallest absolute Gasteiger partial charge is 0.134 e. The van der Waals surface area contributed by atoms with Crippen molar-refractivity contribution in [1.82, 2.24) is 9.97 Å². The molecule has 9 rings (SSSR count). The van der Waals surface area contributed by atoms with Crippen molar-refractivity contribution in [3.63, 3.8) is 0 Å². The molecule has 2 fully saturated rings. The molecule has 174 valence electrons. The van der Waals surface area contributed by atoms with Gasteiger partial charge in [0.2, 0.25) is 0 Å². The Morgan fingerprint density at radius 3 is 1.68 bits per heavy atom. The third kappa shape index (κ3) is 2.82. The summed E-state index contributed by atoms with van der Waals surface area (Å²) in [5, 5.41) is 0. The van der Waals surface area contributed by atoms with Crippen LogP contribution in [0, 0.1) is 22.7 Å². The Hall–Kier alpha value is -2.68. The second kappa shape index (κ2) is 6.93. The molecule has 2 saturated carbocycles. The quantitative estimate of drug-likeness (QED) is 0.422. The molecular weight excluding hydrogens is 414 g/mol. The highest BCUT2D eigenvalue weighted by Crippen LogP contribution is 2.63. The van der Waals surface area contributed by atoms with E-state index in [4.69, 9.17) is 9.97 Å². The molecule has 1 aromatic carbocycles. The Bertz CT molecular complexity index is 1200. The van der Waals surface area contributed by atoms with Crippen LogP contribution >= 0.6 is 0 Å². The van der Waals surface area contributed by atoms with E-state index in [1.165, 1.54) is 53.8 Å². The van der Waals surface area contributed by atoms with Gasteiger partial charge in [-0.25, -0.2) is 9.97 Å². The number of pyridine rings is 2. The zero-order valence-corrected chi connectivity index (χ0v) is 20.9. The van der Waals surface area contributed by atoms with Crippen molar-refractivity contribution >= 4 is 11.6 Å². The van der Waals surface area contributed by atoms with Crippen LogP contribution in [0.4, 0.5) is 11.6 Å². The Labute approximate surface area is 203 Å². The first-order chi connectivity index (χ1) is 16.3. The van der Waals surface area contributed by atoms with Crippen molar-refractivity contribution in [2.24, 2.45) is 22.7 Å². The molecule has 0 amide bonds. The van der Waals surface area contributed by atoms with E-state index in [2.05, 4.69) is 87.2 Å². The molecule has 6 aliphatic carbocycles. The molecule has 3 heteroatoms. The monoisotopic (exact) mass is 449 g/mol. The largest absolute Gasteiger partial charge is 0.307 e. The van der Waals surface area contributed by atoms with E-state index in [9.17, 15) is 0 Å². The third-order valence-corrected chi connectivity index (χ3v) is 10.3. The molecule has 3 aromatic rings. The van der Waals surface area contributed by atoms with Gasteiger partial charge in [-0.05, 0) is 77.2 Å². The fourth-order valence-electron chi connectivity index (χ4n) is 7.46. The summed E-state index contributed by atoms with van der Waals surface area (Å²) in [6, 6.07) is 19.9. The number of aromatic nitrogens is 2. The fourth-order valence-corrected chi connectivity index (χ4v) is 7.46. The van der Waals surface area contributed by atoms with Gasteiger partial charge in [-0.1, -0.05) is 70.2 Å². The first-order valence-electron chi connectivity index (χ1n) is 13.1. The molecular formula is C31H35N3. The second-order valence-corrected chi connectivity index (χ2v) is 12.5. The van der Waals surface area contributed by atoms with Gasteiger partial charge in [-0.15, -0.1) is 0 Å². The average molecular weight is 450 g/mol. The van der Waals surface area contributed by atoms with E-state index in [1.807, 2.05) is 0 Å². The van der Waals surface area contributed by atoms with Crippen molar-refractivity contribution in [3.05, 3.63) is 82.7 Å². The first kappa shape index (κ1) is 20.7. The normalized spacial score (nSPS) is 28.7. The minimum Gasteiger partial charge on any atom is -0.307 e. The van der Waals surface area contributed by atoms with E-state index in [-0.39, 0.29) is 0 Å². The van der Waals surface area contributed by atoms with Crippen LogP contribution in [-0.4, -0.2) is 9.97 Å². The highest BCUT2D eigenvalue weighted by Gasteiger charge is 2.54. The number of anilines is 2. The molecule has 0 saturated heterocycles. The van der Waals surface area contributed by atoms with Crippen LogP contribution in [0.15, 0.2) is 54.6 Å². The highest BCUT2D eigenvalue weighted by molar-refractivity contribution is 5.59. The summed E-state index contributed by atoms with van der Waals surface area (Å²) in [7, 11) is 0. The lowest BCUT2D eigenvalue weighted by Gasteiger charge is -2.56. The van der Waals surface area contributed by atoms with Crippen molar-refractivity contribution < 1.29 is 0 Å². The lowest BCUT2D eigenvalue weighted by atomic mass is 9.48. The molecule has 2 aromatic heterocycles. The maximum Gasteiger partial charge on any atom is 0.134 e. The molecule has 34 heavy (non-hydrogen) atoms. The maximum atomic E-state index is 5.36. The molecule has 0 spiro atoms. The topological polar surface area (TPSA) is 29.0 Å². The molecule has 4 atom stereocenters. The zero-order valence-electron chi connectivity index (χ0n) is 20.9. The summed E-state index contributed by atoms with van der Waals surface area (Å²) in [5.41, 5.74) is 7.63. The SMILES string of the molecule is CC1(C)[C@H]2Cc3ccc(N(Cc4ccccc4)c4ccc5c(n4)[C@@H]4C[C@H](C5)C4(C)C)nc3[C@@H]1C2. The van der Waals surface area contributed by atoms with Crippen LogP contribution in [0.25, 0.3) is 0 Å². The Morgan fingerprint density at radius 2 is 1.21 bits per heavy atom. The lowest BCUT2D eigenvalue weighted by Crippen LogP contribution is -2.48. The lowest BCUT2D eigenvalue weighted by molar-refractivity contribution is 0.0155. The number of hydrogen-bond donors (Lipinski definition) is 0. The minimum atomic E-state index is 0.374. The van der Waals surface area contributed by atoms with Gasteiger partial charge in [0.15, 0.2) is 0 Å². The fraction of sp³-hybridized carbons (Fsp3) is 0.484. The van der Waals surface area contributed by atoms with Gasteiger partial charge in [-0.3, -0.25) is 0 Å². The molecule has 0 unspecified atom stereocenters. The van der Waals surface area contributed by atoms with Crippen LogP contribution in [0.2, 0.25) is 0 Å². The predicted molar refractivity (Wildman–Crippen MR) is 137 cm³/mol. The summed E-state index contributed by atoms with van der Waals surface area (Å²) in [4.78, 5) is 13.1. The van der Waals surface area contributed by atoms with Crippen molar-refractivity contribution in [2.75, 3.05) is 4.90 Å². The van der Waals surface area contributed by atoms with E-state index >= 15 is 0 Å². The van der Waals surface area contributed by atoms with E-state index in [0.717, 1.165) is 30.0 Å². The minimum absolute atomic E-state index is 0.374. The molecule has 4 bridgehead atoms. The van der Waals surface area contributed by atoms with Crippen molar-refractivity contribution in [1.29, 1.82) is 0 Å². The molecule has 6 aliphatic rings. The molecule has 2 heterocycles. The summed E-state index contributed by atoms with van der Waals surface area (Å²) < 4.78 is 0.